The van der Waals surface area contributed by atoms with Gasteiger partial charge in [-0.3, -0.25) is 4.79 Å². The molecule has 0 saturated carbocycles. The highest BCUT2D eigenvalue weighted by Gasteiger charge is 2.44. The second kappa shape index (κ2) is 9.90. The summed E-state index contributed by atoms with van der Waals surface area (Å²) in [6.45, 7) is 3.13. The van der Waals surface area contributed by atoms with E-state index < -0.39 is 24.4 Å². The summed E-state index contributed by atoms with van der Waals surface area (Å²) in [5.41, 5.74) is 1.68. The molecule has 0 spiro atoms. The fourth-order valence-electron chi connectivity index (χ4n) is 4.19. The van der Waals surface area contributed by atoms with Crippen LogP contribution in [-0.2, 0) is 22.6 Å². The Morgan fingerprint density at radius 2 is 1.84 bits per heavy atom. The highest BCUT2D eigenvalue weighted by Crippen LogP contribution is 2.26. The van der Waals surface area contributed by atoms with Gasteiger partial charge in [-0.1, -0.05) is 5.21 Å². The summed E-state index contributed by atoms with van der Waals surface area (Å²) < 4.78 is 20.5. The third-order valence-corrected chi connectivity index (χ3v) is 5.97. The number of piperazine rings is 1. The van der Waals surface area contributed by atoms with Crippen molar-refractivity contribution in [3.05, 3.63) is 42.0 Å². The highest BCUT2D eigenvalue weighted by atomic mass is 19.1. The van der Waals surface area contributed by atoms with Gasteiger partial charge in [-0.05, 0) is 31.3 Å². The number of hydrogen-bond acceptors (Lipinski definition) is 8. The molecule has 4 atom stereocenters. The molecule has 0 radical (unpaired) electrons. The van der Waals surface area contributed by atoms with Crippen LogP contribution in [-0.4, -0.2) is 93.7 Å². The summed E-state index contributed by atoms with van der Waals surface area (Å²) in [7, 11) is 1.81. The van der Waals surface area contributed by atoms with Crippen LogP contribution >= 0.6 is 0 Å². The van der Waals surface area contributed by atoms with Crippen LogP contribution in [0.3, 0.4) is 0 Å². The molecule has 2 aromatic rings. The number of aliphatic hydroxyl groups is 2. The highest BCUT2D eigenvalue weighted by molar-refractivity contribution is 5.77. The molecule has 0 bridgehead atoms. The van der Waals surface area contributed by atoms with Crippen molar-refractivity contribution in [1.82, 2.24) is 25.2 Å². The van der Waals surface area contributed by atoms with E-state index in [1.165, 1.54) is 12.1 Å². The fourth-order valence-corrected chi connectivity index (χ4v) is 4.19. The van der Waals surface area contributed by atoms with Gasteiger partial charge in [0.25, 0.3) is 0 Å². The van der Waals surface area contributed by atoms with E-state index in [1.54, 1.807) is 27.9 Å². The number of aromatic nitrogens is 3. The smallest absolute Gasteiger partial charge is 0.225 e. The lowest BCUT2D eigenvalue weighted by Crippen LogP contribution is -2.49. The minimum Gasteiger partial charge on any atom is -0.388 e. The molecule has 4 unspecified atom stereocenters. The van der Waals surface area contributed by atoms with Crippen molar-refractivity contribution in [2.75, 3.05) is 38.1 Å². The molecule has 2 fully saturated rings. The van der Waals surface area contributed by atoms with Crippen LogP contribution in [0.2, 0.25) is 0 Å². The van der Waals surface area contributed by atoms with E-state index in [9.17, 15) is 19.4 Å². The van der Waals surface area contributed by atoms with Crippen molar-refractivity contribution in [2.45, 2.75) is 43.9 Å². The van der Waals surface area contributed by atoms with Gasteiger partial charge in [0.05, 0.1) is 24.8 Å². The average molecular weight is 448 g/mol. The van der Waals surface area contributed by atoms with Gasteiger partial charge < -0.3 is 30.1 Å². The van der Waals surface area contributed by atoms with E-state index in [2.05, 4.69) is 20.5 Å². The largest absolute Gasteiger partial charge is 0.388 e. The predicted molar refractivity (Wildman–Crippen MR) is 113 cm³/mol. The number of benzene rings is 1. The molecule has 2 aliphatic rings. The molecule has 4 rings (SSSR count). The number of halogens is 1. The van der Waals surface area contributed by atoms with Crippen molar-refractivity contribution in [3.8, 4) is 0 Å². The number of nitrogens with one attached hydrogen (secondary N) is 1. The van der Waals surface area contributed by atoms with E-state index >= 15 is 0 Å². The van der Waals surface area contributed by atoms with Crippen molar-refractivity contribution in [1.29, 1.82) is 0 Å². The number of carbonyl (C=O) groups excluding carboxylic acids is 1. The van der Waals surface area contributed by atoms with Gasteiger partial charge >= 0.3 is 0 Å². The number of ether oxygens (including phenoxy) is 1. The van der Waals surface area contributed by atoms with Crippen LogP contribution in [0.15, 0.2) is 30.5 Å². The molecule has 32 heavy (non-hydrogen) atoms. The monoisotopic (exact) mass is 448 g/mol. The molecule has 1 aromatic heterocycles. The molecule has 1 aromatic carbocycles. The predicted octanol–water partition coefficient (Wildman–Crippen LogP) is -0.635. The zero-order valence-electron chi connectivity index (χ0n) is 18.0. The summed E-state index contributed by atoms with van der Waals surface area (Å²) in [4.78, 5) is 16.6. The molecule has 174 valence electrons. The minimum absolute atomic E-state index is 0.00631. The van der Waals surface area contributed by atoms with Gasteiger partial charge in [0.2, 0.25) is 5.91 Å². The van der Waals surface area contributed by atoms with E-state index in [0.717, 1.165) is 11.4 Å². The van der Waals surface area contributed by atoms with Crippen LogP contribution in [0.1, 0.15) is 12.1 Å². The molecule has 0 aliphatic carbocycles. The summed E-state index contributed by atoms with van der Waals surface area (Å²) in [6.07, 6.45) is -1.98. The number of rotatable bonds is 7. The number of hydrogen-bond donors (Lipinski definition) is 3. The van der Waals surface area contributed by atoms with Crippen LogP contribution in [0.4, 0.5) is 10.1 Å². The van der Waals surface area contributed by atoms with Crippen LogP contribution in [0.5, 0.6) is 0 Å². The summed E-state index contributed by atoms with van der Waals surface area (Å²) in [5.74, 6) is -0.405. The van der Waals surface area contributed by atoms with E-state index in [4.69, 9.17) is 4.74 Å². The van der Waals surface area contributed by atoms with E-state index in [-0.39, 0.29) is 24.7 Å². The molecule has 2 saturated heterocycles. The van der Waals surface area contributed by atoms with Gasteiger partial charge in [-0.15, -0.1) is 5.10 Å². The van der Waals surface area contributed by atoms with Crippen LogP contribution < -0.4 is 10.2 Å². The average Bonchev–Trinajstić information content (AvgIpc) is 3.34. The standard InChI is InChI=1S/C21H29FN6O4/c1-23-11-15-12-28(25-24-15)13-18-21(31)20(30)17(32-18)10-19(29)27-8-6-26(7-9-27)16-4-2-14(22)3-5-16/h2-5,12,17-18,20-21,23,30-31H,6-11,13H2,1H3. The Hall–Kier alpha value is -2.60. The normalized spacial score (nSPS) is 26.0. The molecular formula is C21H29FN6O4. The van der Waals surface area contributed by atoms with Crippen LogP contribution in [0.25, 0.3) is 0 Å². The summed E-state index contributed by atoms with van der Waals surface area (Å²) in [5, 5.41) is 31.8. The maximum atomic E-state index is 13.1. The second-order valence-corrected chi connectivity index (χ2v) is 8.20. The zero-order chi connectivity index (χ0) is 22.7. The number of anilines is 1. The van der Waals surface area contributed by atoms with Gasteiger partial charge in [0, 0.05) is 44.6 Å². The zero-order valence-corrected chi connectivity index (χ0v) is 18.0. The number of aliphatic hydroxyl groups excluding tert-OH is 2. The number of amides is 1. The Kier molecular flexibility index (Phi) is 6.99. The Bertz CT molecular complexity index is 902. The second-order valence-electron chi connectivity index (χ2n) is 8.20. The molecule has 3 heterocycles. The maximum Gasteiger partial charge on any atom is 0.225 e. The van der Waals surface area contributed by atoms with Gasteiger partial charge in [-0.2, -0.15) is 0 Å². The molecule has 1 amide bonds. The Morgan fingerprint density at radius 1 is 1.16 bits per heavy atom. The van der Waals surface area contributed by atoms with E-state index in [1.807, 2.05) is 7.05 Å². The quantitative estimate of drug-likeness (QED) is 0.513. The number of carbonyl (C=O) groups is 1. The Labute approximate surface area is 185 Å². The molecular weight excluding hydrogens is 419 g/mol. The third kappa shape index (κ3) is 5.07. The van der Waals surface area contributed by atoms with Crippen molar-refractivity contribution >= 4 is 11.6 Å². The van der Waals surface area contributed by atoms with Crippen LogP contribution in [0, 0.1) is 5.82 Å². The molecule has 3 N–H and O–H groups in total. The van der Waals surface area contributed by atoms with E-state index in [0.29, 0.717) is 32.7 Å². The van der Waals surface area contributed by atoms with Gasteiger partial charge in [0.1, 0.15) is 24.1 Å². The minimum atomic E-state index is -1.15. The first-order valence-corrected chi connectivity index (χ1v) is 10.8. The van der Waals surface area contributed by atoms with Crippen molar-refractivity contribution in [3.63, 3.8) is 0 Å². The van der Waals surface area contributed by atoms with Gasteiger partial charge in [0.15, 0.2) is 0 Å². The lowest BCUT2D eigenvalue weighted by atomic mass is 10.0. The molecule has 2 aliphatic heterocycles. The first kappa shape index (κ1) is 22.6. The first-order chi connectivity index (χ1) is 15.4. The maximum absolute atomic E-state index is 13.1. The Balaban J connectivity index is 1.28. The fraction of sp³-hybridized carbons (Fsp3) is 0.571. The first-order valence-electron chi connectivity index (χ1n) is 10.8. The topological polar surface area (TPSA) is 116 Å². The van der Waals surface area contributed by atoms with Crippen molar-refractivity contribution < 1.29 is 24.1 Å². The SMILES string of the molecule is CNCc1cn(CC2OC(CC(=O)N3CCN(c4ccc(F)cc4)CC3)C(O)C2O)nn1. The number of nitrogens with zero attached hydrogens (tertiary/aromatic N) is 5. The lowest BCUT2D eigenvalue weighted by molar-refractivity contribution is -0.135. The summed E-state index contributed by atoms with van der Waals surface area (Å²) >= 11 is 0. The summed E-state index contributed by atoms with van der Waals surface area (Å²) in [6, 6.07) is 6.31. The van der Waals surface area contributed by atoms with Crippen molar-refractivity contribution in [2.24, 2.45) is 0 Å². The Morgan fingerprint density at radius 3 is 2.53 bits per heavy atom. The lowest BCUT2D eigenvalue weighted by Gasteiger charge is -2.36. The molecule has 10 nitrogen and oxygen atoms in total. The molecule has 11 heteroatoms. The van der Waals surface area contributed by atoms with Gasteiger partial charge in [-0.25, -0.2) is 9.07 Å². The third-order valence-electron chi connectivity index (χ3n) is 5.97.